The number of aromatic nitrogens is 2. The summed E-state index contributed by atoms with van der Waals surface area (Å²) in [5, 5.41) is 47.6. The van der Waals surface area contributed by atoms with E-state index in [4.69, 9.17) is 13.9 Å². The number of aromatic hydroxyl groups is 5. The van der Waals surface area contributed by atoms with Gasteiger partial charge in [0.1, 0.15) is 22.5 Å². The van der Waals surface area contributed by atoms with E-state index >= 15 is 0 Å². The first-order valence-corrected chi connectivity index (χ1v) is 11.7. The molecule has 2 aromatic carbocycles. The fraction of sp³-hybridized carbons (Fsp3) is 0.296. The lowest BCUT2D eigenvalue weighted by molar-refractivity contribution is -0.0334. The lowest BCUT2D eigenvalue weighted by Gasteiger charge is -2.09. The number of ether oxygens (including phenoxy) is 2. The van der Waals surface area contributed by atoms with Crippen molar-refractivity contribution in [2.24, 2.45) is 0 Å². The zero-order valence-corrected chi connectivity index (χ0v) is 21.5. The standard InChI is InChI=1S/C15H10O7.C8H12N2.C4H8O2/c16-7-4-10(19)12-11(5-7)22-15(14(21)13(12)20)6-1-2-8(17)9(18)3-6;1-5-6(2)10-8(4)7(3)9-5;1-2-6-4-3-5-1/h1-5,16-19,21H;1-4H3;1-4H2. The van der Waals surface area contributed by atoms with Gasteiger partial charge in [-0.2, -0.15) is 0 Å². The second kappa shape index (κ2) is 12.3. The van der Waals surface area contributed by atoms with E-state index in [9.17, 15) is 30.3 Å². The summed E-state index contributed by atoms with van der Waals surface area (Å²) in [5.74, 6) is -2.71. The predicted molar refractivity (Wildman–Crippen MR) is 139 cm³/mol. The number of rotatable bonds is 1. The molecule has 1 saturated heterocycles. The van der Waals surface area contributed by atoms with E-state index in [0.717, 1.165) is 73.5 Å². The van der Waals surface area contributed by atoms with Crippen LogP contribution in [0.3, 0.4) is 0 Å². The molecule has 0 atom stereocenters. The molecule has 202 valence electrons. The van der Waals surface area contributed by atoms with Gasteiger partial charge in [-0.3, -0.25) is 14.8 Å². The summed E-state index contributed by atoms with van der Waals surface area (Å²) in [7, 11) is 0. The molecule has 0 amide bonds. The van der Waals surface area contributed by atoms with E-state index in [2.05, 4.69) is 9.97 Å². The van der Waals surface area contributed by atoms with E-state index in [0.29, 0.717) is 0 Å². The van der Waals surface area contributed by atoms with Gasteiger partial charge in [-0.25, -0.2) is 0 Å². The van der Waals surface area contributed by atoms with Crippen molar-refractivity contribution in [2.75, 3.05) is 26.4 Å². The Morgan fingerprint density at radius 3 is 1.68 bits per heavy atom. The Hall–Kier alpha value is -4.35. The van der Waals surface area contributed by atoms with Gasteiger partial charge in [-0.1, -0.05) is 0 Å². The van der Waals surface area contributed by atoms with Crippen LogP contribution in [0, 0.1) is 27.7 Å². The van der Waals surface area contributed by atoms with Gasteiger partial charge in [-0.05, 0) is 45.9 Å². The molecular formula is C27H30N2O9. The minimum atomic E-state index is -0.888. The topological polar surface area (TPSA) is 176 Å². The summed E-state index contributed by atoms with van der Waals surface area (Å²) >= 11 is 0. The van der Waals surface area contributed by atoms with Crippen LogP contribution < -0.4 is 5.43 Å². The van der Waals surface area contributed by atoms with Crippen molar-refractivity contribution in [3.8, 4) is 40.1 Å². The third kappa shape index (κ3) is 6.69. The molecule has 0 aliphatic carbocycles. The molecule has 0 unspecified atom stereocenters. The van der Waals surface area contributed by atoms with Crippen LogP contribution >= 0.6 is 0 Å². The number of aryl methyl sites for hydroxylation is 4. The van der Waals surface area contributed by atoms with Gasteiger partial charge in [0, 0.05) is 17.7 Å². The van der Waals surface area contributed by atoms with Gasteiger partial charge in [0.2, 0.25) is 11.2 Å². The van der Waals surface area contributed by atoms with Gasteiger partial charge in [-0.15, -0.1) is 0 Å². The smallest absolute Gasteiger partial charge is 0.238 e. The van der Waals surface area contributed by atoms with Crippen molar-refractivity contribution in [1.82, 2.24) is 9.97 Å². The highest BCUT2D eigenvalue weighted by Gasteiger charge is 2.19. The molecule has 0 saturated carbocycles. The Bertz CT molecular complexity index is 1430. The monoisotopic (exact) mass is 526 g/mol. The minimum absolute atomic E-state index is 0.134. The summed E-state index contributed by atoms with van der Waals surface area (Å²) < 4.78 is 15.2. The molecule has 3 heterocycles. The molecule has 0 radical (unpaired) electrons. The predicted octanol–water partition coefficient (Wildman–Crippen LogP) is 3.73. The van der Waals surface area contributed by atoms with E-state index in [-0.39, 0.29) is 33.8 Å². The van der Waals surface area contributed by atoms with Crippen LogP contribution in [0.1, 0.15) is 22.8 Å². The quantitative estimate of drug-likeness (QED) is 0.228. The number of phenolic OH excluding ortho intramolecular Hbond substituents is 4. The first kappa shape index (κ1) is 28.2. The SMILES string of the molecule is C1COCCO1.Cc1nc(C)c(C)nc1C.O=c1c(O)c(-c2ccc(O)c(O)c2)oc2cc(O)cc(O)c12. The molecule has 2 aromatic heterocycles. The Balaban J connectivity index is 0.000000204. The highest BCUT2D eigenvalue weighted by atomic mass is 16.6. The highest BCUT2D eigenvalue weighted by Crippen LogP contribution is 2.37. The zero-order chi connectivity index (χ0) is 28.0. The second-order valence-electron chi connectivity index (χ2n) is 8.44. The van der Waals surface area contributed by atoms with Crippen LogP contribution in [0.15, 0.2) is 39.5 Å². The Morgan fingerprint density at radius 1 is 0.684 bits per heavy atom. The number of benzene rings is 2. The normalized spacial score (nSPS) is 12.7. The Morgan fingerprint density at radius 2 is 1.21 bits per heavy atom. The molecule has 11 heteroatoms. The van der Waals surface area contributed by atoms with Crippen molar-refractivity contribution in [3.63, 3.8) is 0 Å². The van der Waals surface area contributed by atoms with Crippen LogP contribution in [0.2, 0.25) is 0 Å². The maximum absolute atomic E-state index is 12.1. The van der Waals surface area contributed by atoms with Gasteiger partial charge in [0.25, 0.3) is 0 Å². The molecule has 5 rings (SSSR count). The molecule has 1 fully saturated rings. The van der Waals surface area contributed by atoms with E-state index in [1.165, 1.54) is 6.07 Å². The fourth-order valence-electron chi connectivity index (χ4n) is 3.40. The summed E-state index contributed by atoms with van der Waals surface area (Å²) in [6, 6.07) is 5.64. The number of phenols is 4. The number of fused-ring (bicyclic) bond motifs is 1. The summed E-state index contributed by atoms with van der Waals surface area (Å²) in [6.07, 6.45) is 0. The van der Waals surface area contributed by atoms with Crippen molar-refractivity contribution >= 4 is 11.0 Å². The molecule has 1 aliphatic heterocycles. The van der Waals surface area contributed by atoms with Crippen molar-refractivity contribution < 1.29 is 39.4 Å². The molecular weight excluding hydrogens is 496 g/mol. The molecule has 38 heavy (non-hydrogen) atoms. The van der Waals surface area contributed by atoms with Crippen molar-refractivity contribution in [3.05, 3.63) is 63.3 Å². The molecule has 11 nitrogen and oxygen atoms in total. The summed E-state index contributed by atoms with van der Waals surface area (Å²) in [5.41, 5.74) is 3.23. The first-order chi connectivity index (χ1) is 18.0. The van der Waals surface area contributed by atoms with Gasteiger partial charge in [0.05, 0.1) is 49.2 Å². The lowest BCUT2D eigenvalue weighted by Crippen LogP contribution is -2.16. The van der Waals surface area contributed by atoms with Crippen molar-refractivity contribution in [1.29, 1.82) is 0 Å². The lowest BCUT2D eigenvalue weighted by atomic mass is 10.1. The van der Waals surface area contributed by atoms with Crippen LogP contribution in [-0.4, -0.2) is 61.9 Å². The first-order valence-electron chi connectivity index (χ1n) is 11.7. The third-order valence-corrected chi connectivity index (χ3v) is 5.64. The van der Waals surface area contributed by atoms with Gasteiger partial charge >= 0.3 is 0 Å². The third-order valence-electron chi connectivity index (χ3n) is 5.64. The average molecular weight is 527 g/mol. The molecule has 4 aromatic rings. The fourth-order valence-corrected chi connectivity index (χ4v) is 3.40. The van der Waals surface area contributed by atoms with Crippen molar-refractivity contribution in [2.45, 2.75) is 27.7 Å². The van der Waals surface area contributed by atoms with Crippen LogP contribution in [0.4, 0.5) is 0 Å². The minimum Gasteiger partial charge on any atom is -0.508 e. The molecule has 5 N–H and O–H groups in total. The largest absolute Gasteiger partial charge is 0.508 e. The number of hydrogen-bond donors (Lipinski definition) is 5. The van der Waals surface area contributed by atoms with Crippen LogP contribution in [0.5, 0.6) is 28.7 Å². The number of nitrogens with zero attached hydrogens (tertiary/aromatic N) is 2. The molecule has 0 bridgehead atoms. The average Bonchev–Trinajstić information content (AvgIpc) is 2.88. The maximum Gasteiger partial charge on any atom is 0.238 e. The van der Waals surface area contributed by atoms with E-state index in [1.807, 2.05) is 27.7 Å². The van der Waals surface area contributed by atoms with Crippen LogP contribution in [-0.2, 0) is 9.47 Å². The maximum atomic E-state index is 12.1. The molecule has 1 aliphatic rings. The summed E-state index contributed by atoms with van der Waals surface area (Å²) in [6.45, 7) is 11.0. The number of hydrogen-bond acceptors (Lipinski definition) is 11. The van der Waals surface area contributed by atoms with E-state index in [1.54, 1.807) is 0 Å². The Labute approximate surface area is 218 Å². The molecule has 0 spiro atoms. The van der Waals surface area contributed by atoms with Gasteiger partial charge < -0.3 is 39.4 Å². The zero-order valence-electron chi connectivity index (χ0n) is 21.5. The van der Waals surface area contributed by atoms with Crippen LogP contribution in [0.25, 0.3) is 22.3 Å². The summed E-state index contributed by atoms with van der Waals surface area (Å²) in [4.78, 5) is 20.8. The second-order valence-corrected chi connectivity index (χ2v) is 8.44. The Kier molecular flexibility index (Phi) is 9.11. The highest BCUT2D eigenvalue weighted by molar-refractivity contribution is 5.88. The van der Waals surface area contributed by atoms with Gasteiger partial charge in [0.15, 0.2) is 17.3 Å². The van der Waals surface area contributed by atoms with E-state index < -0.39 is 22.7 Å².